The highest BCUT2D eigenvalue weighted by Gasteiger charge is 2.17. The first-order valence-electron chi connectivity index (χ1n) is 5.21. The Balaban J connectivity index is 2.84. The number of aryl methyl sites for hydroxylation is 1. The van der Waals surface area contributed by atoms with Gasteiger partial charge in [0.05, 0.1) is 5.52 Å². The van der Waals surface area contributed by atoms with Crippen LogP contribution in [0.2, 0.25) is 0 Å². The molecule has 0 unspecified atom stereocenters. The number of benzene rings is 1. The van der Waals surface area contributed by atoms with E-state index >= 15 is 0 Å². The average molecular weight is 218 g/mol. The quantitative estimate of drug-likeness (QED) is 0.842. The standard InChI is InChI=1S/C12H14N2O2/c1-7(2)8-5-4-6-9-10(12(15)16)13-14(3)11(8)9/h4-7H,1-3H3,(H,15,16). The summed E-state index contributed by atoms with van der Waals surface area (Å²) in [5.74, 6) is -0.632. The molecule has 4 nitrogen and oxygen atoms in total. The second kappa shape index (κ2) is 3.63. The van der Waals surface area contributed by atoms with Crippen molar-refractivity contribution < 1.29 is 9.90 Å². The van der Waals surface area contributed by atoms with Crippen LogP contribution in [0.15, 0.2) is 18.2 Å². The second-order valence-corrected chi connectivity index (χ2v) is 4.18. The molecule has 84 valence electrons. The zero-order chi connectivity index (χ0) is 11.9. The minimum absolute atomic E-state index is 0.125. The summed E-state index contributed by atoms with van der Waals surface area (Å²) in [4.78, 5) is 11.0. The molecule has 0 aliphatic heterocycles. The number of carboxylic acids is 1. The molecule has 2 rings (SSSR count). The zero-order valence-electron chi connectivity index (χ0n) is 9.56. The van der Waals surface area contributed by atoms with Crippen LogP contribution >= 0.6 is 0 Å². The number of nitrogens with zero attached hydrogens (tertiary/aromatic N) is 2. The predicted octanol–water partition coefficient (Wildman–Crippen LogP) is 2.39. The van der Waals surface area contributed by atoms with Gasteiger partial charge in [-0.3, -0.25) is 4.68 Å². The number of hydrogen-bond acceptors (Lipinski definition) is 2. The molecule has 4 heteroatoms. The molecular formula is C12H14N2O2. The third kappa shape index (κ3) is 1.46. The smallest absolute Gasteiger partial charge is 0.357 e. The van der Waals surface area contributed by atoms with Crippen molar-refractivity contribution in [1.29, 1.82) is 0 Å². The van der Waals surface area contributed by atoms with Crippen molar-refractivity contribution >= 4 is 16.9 Å². The highest BCUT2D eigenvalue weighted by molar-refractivity contribution is 6.02. The van der Waals surface area contributed by atoms with E-state index in [-0.39, 0.29) is 5.69 Å². The molecule has 0 saturated heterocycles. The molecule has 0 radical (unpaired) electrons. The largest absolute Gasteiger partial charge is 0.476 e. The lowest BCUT2D eigenvalue weighted by Crippen LogP contribution is -1.99. The van der Waals surface area contributed by atoms with Gasteiger partial charge in [0.15, 0.2) is 5.69 Å². The Labute approximate surface area is 93.5 Å². The molecule has 1 N–H and O–H groups in total. The molecular weight excluding hydrogens is 204 g/mol. The number of carbonyl (C=O) groups is 1. The highest BCUT2D eigenvalue weighted by atomic mass is 16.4. The first-order chi connectivity index (χ1) is 7.52. The Morgan fingerprint density at radius 2 is 2.12 bits per heavy atom. The van der Waals surface area contributed by atoms with Crippen LogP contribution in [0.25, 0.3) is 10.9 Å². The van der Waals surface area contributed by atoms with Gasteiger partial charge in [0, 0.05) is 12.4 Å². The van der Waals surface area contributed by atoms with Crippen molar-refractivity contribution in [3.8, 4) is 0 Å². The van der Waals surface area contributed by atoms with E-state index in [0.29, 0.717) is 11.3 Å². The molecule has 1 aromatic heterocycles. The maximum absolute atomic E-state index is 11.0. The monoisotopic (exact) mass is 218 g/mol. The van der Waals surface area contributed by atoms with E-state index in [4.69, 9.17) is 5.11 Å². The van der Waals surface area contributed by atoms with E-state index in [2.05, 4.69) is 18.9 Å². The van der Waals surface area contributed by atoms with E-state index in [1.165, 1.54) is 0 Å². The number of aromatic nitrogens is 2. The fraction of sp³-hybridized carbons (Fsp3) is 0.333. The van der Waals surface area contributed by atoms with E-state index in [9.17, 15) is 4.79 Å². The summed E-state index contributed by atoms with van der Waals surface area (Å²) in [7, 11) is 1.78. The topological polar surface area (TPSA) is 55.1 Å². The Morgan fingerprint density at radius 1 is 1.44 bits per heavy atom. The number of hydrogen-bond donors (Lipinski definition) is 1. The average Bonchev–Trinajstić information content (AvgIpc) is 2.56. The van der Waals surface area contributed by atoms with E-state index in [0.717, 1.165) is 11.1 Å². The molecule has 1 aromatic carbocycles. The summed E-state index contributed by atoms with van der Waals surface area (Å²) in [6.07, 6.45) is 0. The maximum atomic E-state index is 11.0. The molecule has 1 heterocycles. The summed E-state index contributed by atoms with van der Waals surface area (Å²) in [6, 6.07) is 5.70. The van der Waals surface area contributed by atoms with Crippen molar-refractivity contribution in [2.24, 2.45) is 7.05 Å². The Hall–Kier alpha value is -1.84. The molecule has 0 amide bonds. The van der Waals surface area contributed by atoms with Crippen LogP contribution < -0.4 is 0 Å². The van der Waals surface area contributed by atoms with Crippen LogP contribution in [0.1, 0.15) is 35.8 Å². The molecule has 0 aliphatic carbocycles. The second-order valence-electron chi connectivity index (χ2n) is 4.18. The lowest BCUT2D eigenvalue weighted by molar-refractivity contribution is 0.0691. The first kappa shape index (κ1) is 10.7. The molecule has 0 saturated carbocycles. The Kier molecular flexibility index (Phi) is 2.42. The minimum atomic E-state index is -0.980. The molecule has 0 bridgehead atoms. The highest BCUT2D eigenvalue weighted by Crippen LogP contribution is 2.26. The Bertz CT molecular complexity index is 555. The Morgan fingerprint density at radius 3 is 2.69 bits per heavy atom. The maximum Gasteiger partial charge on any atom is 0.357 e. The van der Waals surface area contributed by atoms with Gasteiger partial charge >= 0.3 is 5.97 Å². The van der Waals surface area contributed by atoms with Crippen LogP contribution in [-0.4, -0.2) is 20.9 Å². The lowest BCUT2D eigenvalue weighted by atomic mass is 10.00. The fourth-order valence-corrected chi connectivity index (χ4v) is 1.99. The number of aromatic carboxylic acids is 1. The van der Waals surface area contributed by atoms with Crippen LogP contribution in [0.5, 0.6) is 0 Å². The van der Waals surface area contributed by atoms with Crippen LogP contribution in [0.4, 0.5) is 0 Å². The van der Waals surface area contributed by atoms with Gasteiger partial charge in [-0.15, -0.1) is 0 Å². The van der Waals surface area contributed by atoms with E-state index in [1.54, 1.807) is 17.8 Å². The van der Waals surface area contributed by atoms with E-state index in [1.807, 2.05) is 12.1 Å². The van der Waals surface area contributed by atoms with Gasteiger partial charge in [-0.05, 0) is 11.5 Å². The predicted molar refractivity (Wildman–Crippen MR) is 61.8 cm³/mol. The normalized spacial score (nSPS) is 11.2. The van der Waals surface area contributed by atoms with Gasteiger partial charge in [-0.25, -0.2) is 4.79 Å². The van der Waals surface area contributed by atoms with Crippen molar-refractivity contribution in [3.05, 3.63) is 29.5 Å². The van der Waals surface area contributed by atoms with Crippen molar-refractivity contribution in [3.63, 3.8) is 0 Å². The lowest BCUT2D eigenvalue weighted by Gasteiger charge is -2.07. The molecule has 0 spiro atoms. The number of para-hydroxylation sites is 1. The van der Waals surface area contributed by atoms with Gasteiger partial charge in [0.2, 0.25) is 0 Å². The molecule has 0 aliphatic rings. The number of fused-ring (bicyclic) bond motifs is 1. The summed E-state index contributed by atoms with van der Waals surface area (Å²) in [6.45, 7) is 4.17. The third-order valence-corrected chi connectivity index (χ3v) is 2.72. The van der Waals surface area contributed by atoms with Gasteiger partial charge in [0.1, 0.15) is 0 Å². The fourth-order valence-electron chi connectivity index (χ4n) is 1.99. The zero-order valence-corrected chi connectivity index (χ0v) is 9.56. The van der Waals surface area contributed by atoms with Gasteiger partial charge in [0.25, 0.3) is 0 Å². The number of carboxylic acid groups (broad SMARTS) is 1. The SMILES string of the molecule is CC(C)c1cccc2c(C(=O)O)nn(C)c12. The minimum Gasteiger partial charge on any atom is -0.476 e. The van der Waals surface area contributed by atoms with Crippen molar-refractivity contribution in [2.75, 3.05) is 0 Å². The van der Waals surface area contributed by atoms with Gasteiger partial charge < -0.3 is 5.11 Å². The summed E-state index contributed by atoms with van der Waals surface area (Å²) in [5, 5.41) is 13.8. The molecule has 16 heavy (non-hydrogen) atoms. The first-order valence-corrected chi connectivity index (χ1v) is 5.21. The summed E-state index contributed by atoms with van der Waals surface area (Å²) < 4.78 is 1.65. The number of rotatable bonds is 2. The van der Waals surface area contributed by atoms with Crippen molar-refractivity contribution in [2.45, 2.75) is 19.8 Å². The van der Waals surface area contributed by atoms with Crippen molar-refractivity contribution in [1.82, 2.24) is 9.78 Å². The molecule has 2 aromatic rings. The van der Waals surface area contributed by atoms with Crippen LogP contribution in [0.3, 0.4) is 0 Å². The van der Waals surface area contributed by atoms with Crippen LogP contribution in [-0.2, 0) is 7.05 Å². The van der Waals surface area contributed by atoms with E-state index < -0.39 is 5.97 Å². The van der Waals surface area contributed by atoms with Gasteiger partial charge in [-0.1, -0.05) is 32.0 Å². The van der Waals surface area contributed by atoms with Gasteiger partial charge in [-0.2, -0.15) is 5.10 Å². The molecule has 0 fully saturated rings. The molecule has 0 atom stereocenters. The summed E-state index contributed by atoms with van der Waals surface area (Å²) in [5.41, 5.74) is 2.16. The van der Waals surface area contributed by atoms with Crippen LogP contribution in [0, 0.1) is 0 Å². The third-order valence-electron chi connectivity index (χ3n) is 2.72. The summed E-state index contributed by atoms with van der Waals surface area (Å²) >= 11 is 0.